The molecule has 1 N–H and O–H groups in total. The van der Waals surface area contributed by atoms with Gasteiger partial charge in [0, 0.05) is 17.7 Å². The smallest absolute Gasteiger partial charge is 0.269 e. The van der Waals surface area contributed by atoms with Crippen LogP contribution in [0.25, 0.3) is 0 Å². The number of hydrogen-bond donors (Lipinski definition) is 1. The summed E-state index contributed by atoms with van der Waals surface area (Å²) in [6, 6.07) is 17.5. The summed E-state index contributed by atoms with van der Waals surface area (Å²) in [6.07, 6.45) is 5.02. The lowest BCUT2D eigenvalue weighted by atomic mass is 9.81. The standard InChI is InChI=1S/C23H27N3O3/c27-23(20-8-12-22(13-9-20)26(28)29)25-16-14-24(15-17-25)21-10-6-19(7-11-21)18-4-2-1-3-5-18/h1-5,8-9,12-13,19,21H,6-7,10-11,14-17H2/p+1. The van der Waals surface area contributed by atoms with Crippen LogP contribution in [0, 0.1) is 10.1 Å². The molecule has 2 fully saturated rings. The molecule has 2 aromatic rings. The SMILES string of the molecule is O=C(c1ccc([N+](=O)[O-])cc1)N1CC[NH+](C2CCC(c3ccccc3)CC2)CC1. The number of piperazine rings is 1. The predicted molar refractivity (Wildman–Crippen MR) is 111 cm³/mol. The zero-order valence-electron chi connectivity index (χ0n) is 16.6. The van der Waals surface area contributed by atoms with Crippen LogP contribution < -0.4 is 4.90 Å². The van der Waals surface area contributed by atoms with E-state index in [1.165, 1.54) is 43.4 Å². The summed E-state index contributed by atoms with van der Waals surface area (Å²) in [5, 5.41) is 10.8. The number of quaternary nitrogens is 1. The lowest BCUT2D eigenvalue weighted by Crippen LogP contribution is -3.18. The van der Waals surface area contributed by atoms with Crippen molar-refractivity contribution in [2.75, 3.05) is 26.2 Å². The van der Waals surface area contributed by atoms with E-state index in [0.29, 0.717) is 17.5 Å². The van der Waals surface area contributed by atoms with E-state index in [4.69, 9.17) is 0 Å². The van der Waals surface area contributed by atoms with Crippen molar-refractivity contribution in [1.82, 2.24) is 4.90 Å². The summed E-state index contributed by atoms with van der Waals surface area (Å²) >= 11 is 0. The molecule has 0 radical (unpaired) electrons. The lowest BCUT2D eigenvalue weighted by molar-refractivity contribution is -0.930. The quantitative estimate of drug-likeness (QED) is 0.640. The normalized spacial score (nSPS) is 23.0. The predicted octanol–water partition coefficient (Wildman–Crippen LogP) is 2.66. The number of hydrogen-bond acceptors (Lipinski definition) is 3. The van der Waals surface area contributed by atoms with Gasteiger partial charge >= 0.3 is 0 Å². The van der Waals surface area contributed by atoms with Crippen LogP contribution in [-0.4, -0.2) is 48.0 Å². The second-order valence-electron chi connectivity index (χ2n) is 8.21. The largest absolute Gasteiger partial charge is 0.330 e. The number of nitro groups is 1. The highest BCUT2D eigenvalue weighted by molar-refractivity contribution is 5.94. The van der Waals surface area contributed by atoms with Crippen LogP contribution in [-0.2, 0) is 0 Å². The molecule has 0 spiro atoms. The number of nitrogens with one attached hydrogen (secondary N) is 1. The first-order valence-corrected chi connectivity index (χ1v) is 10.5. The van der Waals surface area contributed by atoms with Gasteiger partial charge in [-0.3, -0.25) is 14.9 Å². The van der Waals surface area contributed by atoms with Crippen LogP contribution in [0.2, 0.25) is 0 Å². The zero-order chi connectivity index (χ0) is 20.2. The number of carbonyl (C=O) groups is 1. The summed E-state index contributed by atoms with van der Waals surface area (Å²) in [7, 11) is 0. The Balaban J connectivity index is 1.27. The molecule has 0 atom stereocenters. The molecule has 2 aromatic carbocycles. The van der Waals surface area contributed by atoms with Crippen LogP contribution in [0.4, 0.5) is 5.69 Å². The van der Waals surface area contributed by atoms with Gasteiger partial charge in [-0.15, -0.1) is 0 Å². The second kappa shape index (κ2) is 8.74. The van der Waals surface area contributed by atoms with Crippen molar-refractivity contribution in [1.29, 1.82) is 0 Å². The topological polar surface area (TPSA) is 67.9 Å². The molecule has 152 valence electrons. The Morgan fingerprint density at radius 3 is 2.14 bits per heavy atom. The molecular formula is C23H28N3O3+. The maximum atomic E-state index is 12.7. The van der Waals surface area contributed by atoms with Gasteiger partial charge < -0.3 is 9.80 Å². The highest BCUT2D eigenvalue weighted by atomic mass is 16.6. The first-order chi connectivity index (χ1) is 14.1. The van der Waals surface area contributed by atoms with Crippen molar-refractivity contribution in [3.8, 4) is 0 Å². The summed E-state index contributed by atoms with van der Waals surface area (Å²) in [5.41, 5.74) is 2.02. The fourth-order valence-corrected chi connectivity index (χ4v) is 4.87. The minimum atomic E-state index is -0.442. The molecule has 1 heterocycles. The number of rotatable bonds is 4. The van der Waals surface area contributed by atoms with Gasteiger partial charge in [0.2, 0.25) is 0 Å². The Morgan fingerprint density at radius 1 is 0.931 bits per heavy atom. The highest BCUT2D eigenvalue weighted by Gasteiger charge is 2.33. The van der Waals surface area contributed by atoms with Gasteiger partial charge in [-0.1, -0.05) is 30.3 Å². The molecule has 6 nitrogen and oxygen atoms in total. The van der Waals surface area contributed by atoms with E-state index in [2.05, 4.69) is 30.3 Å². The average Bonchev–Trinajstić information content (AvgIpc) is 2.79. The molecule has 0 unspecified atom stereocenters. The van der Waals surface area contributed by atoms with E-state index < -0.39 is 4.92 Å². The molecule has 0 bridgehead atoms. The number of nitrogens with zero attached hydrogens (tertiary/aromatic N) is 2. The fraction of sp³-hybridized carbons (Fsp3) is 0.435. The van der Waals surface area contributed by atoms with Crippen LogP contribution in [0.3, 0.4) is 0 Å². The Kier molecular flexibility index (Phi) is 5.90. The summed E-state index contributed by atoms with van der Waals surface area (Å²) in [6.45, 7) is 3.48. The summed E-state index contributed by atoms with van der Waals surface area (Å²) in [4.78, 5) is 26.6. The van der Waals surface area contributed by atoms with Gasteiger partial charge in [-0.2, -0.15) is 0 Å². The Labute approximate surface area is 171 Å². The van der Waals surface area contributed by atoms with Crippen molar-refractivity contribution < 1.29 is 14.6 Å². The van der Waals surface area contributed by atoms with Crippen molar-refractivity contribution in [2.24, 2.45) is 0 Å². The number of nitro benzene ring substituents is 1. The molecule has 1 aliphatic carbocycles. The highest BCUT2D eigenvalue weighted by Crippen LogP contribution is 2.32. The van der Waals surface area contributed by atoms with Crippen LogP contribution in [0.5, 0.6) is 0 Å². The van der Waals surface area contributed by atoms with Gasteiger partial charge in [0.05, 0.1) is 37.1 Å². The van der Waals surface area contributed by atoms with Gasteiger partial charge in [0.25, 0.3) is 11.6 Å². The van der Waals surface area contributed by atoms with E-state index >= 15 is 0 Å². The molecule has 2 aliphatic rings. The third-order valence-corrected chi connectivity index (χ3v) is 6.59. The van der Waals surface area contributed by atoms with Gasteiger partial charge in [-0.25, -0.2) is 0 Å². The number of benzene rings is 2. The van der Waals surface area contributed by atoms with Gasteiger partial charge in [-0.05, 0) is 49.3 Å². The van der Waals surface area contributed by atoms with E-state index in [0.717, 1.165) is 26.2 Å². The molecule has 1 saturated carbocycles. The van der Waals surface area contributed by atoms with Gasteiger partial charge in [0.15, 0.2) is 0 Å². The molecule has 1 amide bonds. The average molecular weight is 394 g/mol. The number of non-ortho nitro benzene ring substituents is 1. The maximum Gasteiger partial charge on any atom is 0.269 e. The molecule has 1 aliphatic heterocycles. The second-order valence-corrected chi connectivity index (χ2v) is 8.21. The molecule has 6 heteroatoms. The molecule has 4 rings (SSSR count). The van der Waals surface area contributed by atoms with E-state index in [1.54, 1.807) is 17.0 Å². The zero-order valence-corrected chi connectivity index (χ0v) is 16.6. The third-order valence-electron chi connectivity index (χ3n) is 6.59. The van der Waals surface area contributed by atoms with Crippen LogP contribution in [0.1, 0.15) is 47.5 Å². The first-order valence-electron chi connectivity index (χ1n) is 10.5. The van der Waals surface area contributed by atoms with Crippen molar-refractivity contribution in [3.05, 3.63) is 75.8 Å². The molecule has 29 heavy (non-hydrogen) atoms. The van der Waals surface area contributed by atoms with E-state index in [1.807, 2.05) is 4.90 Å². The minimum absolute atomic E-state index is 0.0157. The molecular weight excluding hydrogens is 366 g/mol. The maximum absolute atomic E-state index is 12.7. The monoisotopic (exact) mass is 394 g/mol. The molecule has 1 saturated heterocycles. The van der Waals surface area contributed by atoms with Crippen LogP contribution >= 0.6 is 0 Å². The van der Waals surface area contributed by atoms with Crippen molar-refractivity contribution in [2.45, 2.75) is 37.6 Å². The third kappa shape index (κ3) is 4.48. The Morgan fingerprint density at radius 2 is 1.55 bits per heavy atom. The lowest BCUT2D eigenvalue weighted by Gasteiger charge is -2.39. The Hall–Kier alpha value is -2.73. The number of carbonyl (C=O) groups excluding carboxylic acids is 1. The summed E-state index contributed by atoms with van der Waals surface area (Å²) < 4.78 is 0. The number of amides is 1. The first kappa shape index (κ1) is 19.6. The van der Waals surface area contributed by atoms with E-state index in [9.17, 15) is 14.9 Å². The fourth-order valence-electron chi connectivity index (χ4n) is 4.87. The summed E-state index contributed by atoms with van der Waals surface area (Å²) in [5.74, 6) is 0.670. The van der Waals surface area contributed by atoms with Crippen molar-refractivity contribution in [3.63, 3.8) is 0 Å². The molecule has 0 aromatic heterocycles. The Bertz CT molecular complexity index is 837. The van der Waals surface area contributed by atoms with E-state index in [-0.39, 0.29) is 11.6 Å². The van der Waals surface area contributed by atoms with Crippen molar-refractivity contribution >= 4 is 11.6 Å². The van der Waals surface area contributed by atoms with Gasteiger partial charge in [0.1, 0.15) is 0 Å². The minimum Gasteiger partial charge on any atom is -0.330 e. The van der Waals surface area contributed by atoms with Crippen LogP contribution in [0.15, 0.2) is 54.6 Å².